The summed E-state index contributed by atoms with van der Waals surface area (Å²) in [6.07, 6.45) is 1.78. The Kier molecular flexibility index (Phi) is 8.24. The number of hydrogen-bond acceptors (Lipinski definition) is 4. The highest BCUT2D eigenvalue weighted by molar-refractivity contribution is 6.14. The number of para-hydroxylation sites is 2. The van der Waals surface area contributed by atoms with Gasteiger partial charge in [0.25, 0.3) is 0 Å². The molecule has 0 spiro atoms. The molecule has 0 amide bonds. The maximum absolute atomic E-state index is 5.37. The maximum atomic E-state index is 5.37. The van der Waals surface area contributed by atoms with Gasteiger partial charge in [0.1, 0.15) is 0 Å². The fraction of sp³-hybridized carbons (Fsp3) is 0.0345. The van der Waals surface area contributed by atoms with Crippen LogP contribution < -0.4 is 0 Å². The highest BCUT2D eigenvalue weighted by Gasteiger charge is 2.27. The van der Waals surface area contributed by atoms with Crippen LogP contribution in [0, 0.1) is 0 Å². The first-order valence-electron chi connectivity index (χ1n) is 21.9. The molecule has 0 atom stereocenters. The van der Waals surface area contributed by atoms with Crippen molar-refractivity contribution in [2.45, 2.75) is 12.8 Å². The van der Waals surface area contributed by atoms with Crippen molar-refractivity contribution in [1.82, 2.24) is 29.1 Å². The van der Waals surface area contributed by atoms with E-state index in [1.807, 2.05) is 24.3 Å². The second-order valence-electron chi connectivity index (χ2n) is 16.6. The van der Waals surface area contributed by atoms with Crippen LogP contribution >= 0.6 is 0 Å². The number of fused-ring (bicyclic) bond motifs is 10. The van der Waals surface area contributed by atoms with E-state index in [0.29, 0.717) is 11.9 Å². The number of hydrogen-bond donors (Lipinski definition) is 0. The largest absolute Gasteiger partial charge is 0.278 e. The minimum Gasteiger partial charge on any atom is -0.278 e. The van der Waals surface area contributed by atoms with Gasteiger partial charge in [0, 0.05) is 43.8 Å². The maximum Gasteiger partial charge on any atom is 0.235 e. The molecule has 4 aromatic heterocycles. The average molecular weight is 819 g/mol. The van der Waals surface area contributed by atoms with E-state index in [9.17, 15) is 0 Å². The van der Waals surface area contributed by atoms with Crippen molar-refractivity contribution in [2.24, 2.45) is 0 Å². The van der Waals surface area contributed by atoms with E-state index in [4.69, 9.17) is 19.9 Å². The molecule has 6 heteroatoms. The van der Waals surface area contributed by atoms with Gasteiger partial charge in [-0.05, 0) is 71.5 Å². The summed E-state index contributed by atoms with van der Waals surface area (Å²) in [6.45, 7) is 0. The number of rotatable bonds is 6. The summed E-state index contributed by atoms with van der Waals surface area (Å²) in [5.74, 6) is 1.30. The van der Waals surface area contributed by atoms with Crippen LogP contribution in [0.1, 0.15) is 11.1 Å². The Morgan fingerprint density at radius 2 is 0.750 bits per heavy atom. The van der Waals surface area contributed by atoms with Crippen molar-refractivity contribution in [2.75, 3.05) is 0 Å². The third-order valence-corrected chi connectivity index (χ3v) is 12.9. The van der Waals surface area contributed by atoms with Crippen LogP contribution in [0.25, 0.3) is 112 Å². The SMILES string of the molecule is c1ccc(-c2cc(-c3ccccc3)nc(-n3c4ccccc4c4cc5c(cc43)-c3ccc4c6ccccc6n(-c6nc(-c7ccccc7)cc(-c7ccccc7)n6)c4c3CC5)n2)cc1. The van der Waals surface area contributed by atoms with Gasteiger partial charge in [-0.25, -0.2) is 19.9 Å². The second kappa shape index (κ2) is 14.6. The highest BCUT2D eigenvalue weighted by atomic mass is 15.2. The van der Waals surface area contributed by atoms with E-state index in [2.05, 4.69) is 191 Å². The van der Waals surface area contributed by atoms with Gasteiger partial charge in [-0.1, -0.05) is 170 Å². The first-order valence-corrected chi connectivity index (χ1v) is 21.9. The lowest BCUT2D eigenvalue weighted by Crippen LogP contribution is -2.09. The molecule has 12 aromatic rings. The monoisotopic (exact) mass is 818 g/mol. The minimum absolute atomic E-state index is 0.641. The molecule has 13 rings (SSSR count). The normalized spacial score (nSPS) is 12.2. The average Bonchev–Trinajstić information content (AvgIpc) is 3.89. The molecule has 0 saturated carbocycles. The molecule has 8 aromatic carbocycles. The third kappa shape index (κ3) is 5.80. The van der Waals surface area contributed by atoms with Crippen molar-refractivity contribution >= 4 is 43.6 Å². The fourth-order valence-corrected chi connectivity index (χ4v) is 9.93. The second-order valence-corrected chi connectivity index (χ2v) is 16.6. The molecule has 0 N–H and O–H groups in total. The Balaban J connectivity index is 1.06. The predicted molar refractivity (Wildman–Crippen MR) is 261 cm³/mol. The summed E-state index contributed by atoms with van der Waals surface area (Å²) in [7, 11) is 0. The molecule has 0 radical (unpaired) electrons. The summed E-state index contributed by atoms with van der Waals surface area (Å²) in [4.78, 5) is 21.4. The van der Waals surface area contributed by atoms with Gasteiger partial charge in [0.15, 0.2) is 0 Å². The minimum atomic E-state index is 0.641. The van der Waals surface area contributed by atoms with Gasteiger partial charge >= 0.3 is 0 Å². The number of aryl methyl sites for hydroxylation is 2. The molecule has 0 saturated heterocycles. The predicted octanol–water partition coefficient (Wildman–Crippen LogP) is 13.9. The fourth-order valence-electron chi connectivity index (χ4n) is 9.93. The molecule has 6 nitrogen and oxygen atoms in total. The molecule has 0 aliphatic heterocycles. The molecular weight excluding hydrogens is 781 g/mol. The van der Waals surface area contributed by atoms with Gasteiger partial charge in [-0.3, -0.25) is 9.13 Å². The van der Waals surface area contributed by atoms with Crippen molar-refractivity contribution in [3.05, 3.63) is 217 Å². The van der Waals surface area contributed by atoms with Crippen LogP contribution in [-0.2, 0) is 12.8 Å². The molecule has 0 fully saturated rings. The van der Waals surface area contributed by atoms with E-state index in [0.717, 1.165) is 79.9 Å². The lowest BCUT2D eigenvalue weighted by atomic mass is 9.83. The Labute approximate surface area is 369 Å². The van der Waals surface area contributed by atoms with Gasteiger partial charge in [-0.2, -0.15) is 0 Å². The van der Waals surface area contributed by atoms with Crippen LogP contribution in [-0.4, -0.2) is 29.1 Å². The zero-order valence-corrected chi connectivity index (χ0v) is 34.7. The van der Waals surface area contributed by atoms with Crippen LogP contribution in [0.4, 0.5) is 0 Å². The lowest BCUT2D eigenvalue weighted by molar-refractivity contribution is 0.931. The number of nitrogens with zero attached hydrogens (tertiary/aromatic N) is 6. The van der Waals surface area contributed by atoms with Crippen LogP contribution in [0.3, 0.4) is 0 Å². The summed E-state index contributed by atoms with van der Waals surface area (Å²) in [5, 5.41) is 4.76. The smallest absolute Gasteiger partial charge is 0.235 e. The summed E-state index contributed by atoms with van der Waals surface area (Å²) < 4.78 is 4.58. The van der Waals surface area contributed by atoms with Gasteiger partial charge in [-0.15, -0.1) is 0 Å². The topological polar surface area (TPSA) is 61.4 Å². The summed E-state index contributed by atoms with van der Waals surface area (Å²) in [5.41, 5.74) is 17.2. The molecular formula is C58H38N6. The number of benzene rings is 8. The van der Waals surface area contributed by atoms with Crippen LogP contribution in [0.15, 0.2) is 206 Å². The van der Waals surface area contributed by atoms with E-state index in [1.54, 1.807) is 0 Å². The van der Waals surface area contributed by atoms with Crippen LogP contribution in [0.2, 0.25) is 0 Å². The number of aromatic nitrogens is 6. The Hall–Kier alpha value is -8.48. The third-order valence-electron chi connectivity index (χ3n) is 12.9. The van der Waals surface area contributed by atoms with E-state index in [1.165, 1.54) is 43.8 Å². The van der Waals surface area contributed by atoms with E-state index in [-0.39, 0.29) is 0 Å². The van der Waals surface area contributed by atoms with Crippen molar-refractivity contribution < 1.29 is 0 Å². The van der Waals surface area contributed by atoms with Crippen molar-refractivity contribution in [3.63, 3.8) is 0 Å². The molecule has 1 aliphatic carbocycles. The zero-order chi connectivity index (χ0) is 42.1. The van der Waals surface area contributed by atoms with Crippen molar-refractivity contribution in [3.8, 4) is 68.1 Å². The summed E-state index contributed by atoms with van der Waals surface area (Å²) in [6, 6.07) is 72.7. The molecule has 64 heavy (non-hydrogen) atoms. The first-order chi connectivity index (χ1) is 31.7. The quantitative estimate of drug-likeness (QED) is 0.168. The Morgan fingerprint density at radius 3 is 1.27 bits per heavy atom. The van der Waals surface area contributed by atoms with Gasteiger partial charge < -0.3 is 0 Å². The molecule has 1 aliphatic rings. The van der Waals surface area contributed by atoms with E-state index < -0.39 is 0 Å². The first kappa shape index (κ1) is 36.2. The van der Waals surface area contributed by atoms with Crippen LogP contribution in [0.5, 0.6) is 0 Å². The zero-order valence-electron chi connectivity index (χ0n) is 34.7. The van der Waals surface area contributed by atoms with Gasteiger partial charge in [0.05, 0.1) is 44.8 Å². The van der Waals surface area contributed by atoms with Gasteiger partial charge in [0.2, 0.25) is 11.9 Å². The standard InChI is InChI=1S/C58H38N6/c1-5-17-37(18-6-1)49-35-50(38-19-7-2-8-20-38)60-57(59-49)63-53-27-15-14-26-44(53)48-33-41-29-30-45-42(47(41)34-55(48)63)31-32-46-43-25-13-16-28-54(43)64(56(45)46)58-61-51(39-21-9-3-10-22-39)36-52(62-58)40-23-11-4-12-24-40/h1-28,31-36H,29-30H2. The van der Waals surface area contributed by atoms with E-state index >= 15 is 0 Å². The molecule has 4 heterocycles. The Bertz CT molecular complexity index is 3630. The summed E-state index contributed by atoms with van der Waals surface area (Å²) >= 11 is 0. The Morgan fingerprint density at radius 1 is 0.312 bits per heavy atom. The molecule has 0 bridgehead atoms. The molecule has 0 unspecified atom stereocenters. The molecule has 300 valence electrons. The highest BCUT2D eigenvalue weighted by Crippen LogP contribution is 2.45. The lowest BCUT2D eigenvalue weighted by Gasteiger charge is -2.22. The van der Waals surface area contributed by atoms with Crippen molar-refractivity contribution in [1.29, 1.82) is 0 Å².